The van der Waals surface area contributed by atoms with Gasteiger partial charge in [-0.3, -0.25) is 0 Å². The van der Waals surface area contributed by atoms with Crippen LogP contribution in [-0.2, 0) is 0 Å². The molecule has 2 heterocycles. The van der Waals surface area contributed by atoms with Crippen molar-refractivity contribution in [2.75, 3.05) is 0 Å². The first-order valence-electron chi connectivity index (χ1n) is 16.4. The van der Waals surface area contributed by atoms with Crippen LogP contribution in [0.25, 0.3) is 97.8 Å². The third-order valence-corrected chi connectivity index (χ3v) is 10.7. The molecular formula is C45H27N3S. The van der Waals surface area contributed by atoms with E-state index in [2.05, 4.69) is 146 Å². The van der Waals surface area contributed by atoms with Gasteiger partial charge in [-0.15, -0.1) is 11.3 Å². The minimum absolute atomic E-state index is 0.657. The van der Waals surface area contributed by atoms with Gasteiger partial charge in [-0.2, -0.15) is 0 Å². The standard InChI is InChI=1S/C45H27N3S/c1-3-11-28(12-4-1)31-20-21-33-26-35(24-22-32(33)25-31)44-46-43(30-14-5-2-6-15-30)47-45(48-44)38-27-34-23-19-29-13-7-8-16-36(29)40(34)42-41(38)37-17-9-10-18-39(37)49-42/h1-27H. The predicted molar refractivity (Wildman–Crippen MR) is 207 cm³/mol. The van der Waals surface area contributed by atoms with Crippen LogP contribution in [0.5, 0.6) is 0 Å². The first-order valence-corrected chi connectivity index (χ1v) is 17.3. The van der Waals surface area contributed by atoms with E-state index < -0.39 is 0 Å². The smallest absolute Gasteiger partial charge is 0.164 e. The van der Waals surface area contributed by atoms with E-state index in [-0.39, 0.29) is 0 Å². The summed E-state index contributed by atoms with van der Waals surface area (Å²) < 4.78 is 2.51. The predicted octanol–water partition coefficient (Wildman–Crippen LogP) is 12.4. The molecule has 0 atom stereocenters. The van der Waals surface area contributed by atoms with Gasteiger partial charge < -0.3 is 0 Å². The molecule has 0 aliphatic heterocycles. The molecule has 0 saturated heterocycles. The molecule has 10 rings (SSSR count). The molecule has 2 aromatic heterocycles. The van der Waals surface area contributed by atoms with Crippen molar-refractivity contribution in [3.05, 3.63) is 164 Å². The van der Waals surface area contributed by atoms with Gasteiger partial charge in [0.15, 0.2) is 17.5 Å². The fourth-order valence-corrected chi connectivity index (χ4v) is 8.39. The van der Waals surface area contributed by atoms with E-state index in [1.807, 2.05) is 29.5 Å². The second-order valence-corrected chi connectivity index (χ2v) is 13.5. The highest BCUT2D eigenvalue weighted by atomic mass is 32.1. The van der Waals surface area contributed by atoms with E-state index >= 15 is 0 Å². The fourth-order valence-electron chi connectivity index (χ4n) is 7.09. The average Bonchev–Trinajstić information content (AvgIpc) is 3.57. The third-order valence-electron chi connectivity index (χ3n) is 9.47. The van der Waals surface area contributed by atoms with Crippen LogP contribution in [0, 0.1) is 0 Å². The van der Waals surface area contributed by atoms with Gasteiger partial charge in [-0.1, -0.05) is 140 Å². The molecule has 0 unspecified atom stereocenters. The molecule has 3 nitrogen and oxygen atoms in total. The highest BCUT2D eigenvalue weighted by Crippen LogP contribution is 2.45. The maximum Gasteiger partial charge on any atom is 0.164 e. The molecule has 0 saturated carbocycles. The molecule has 0 radical (unpaired) electrons. The first kappa shape index (κ1) is 27.8. The molecular weight excluding hydrogens is 615 g/mol. The summed E-state index contributed by atoms with van der Waals surface area (Å²) in [5, 5.41) is 9.68. The number of rotatable bonds is 4. The number of fused-ring (bicyclic) bond motifs is 8. The van der Waals surface area contributed by atoms with Crippen molar-refractivity contribution in [1.29, 1.82) is 0 Å². The fraction of sp³-hybridized carbons (Fsp3) is 0. The monoisotopic (exact) mass is 641 g/mol. The van der Waals surface area contributed by atoms with Gasteiger partial charge in [-0.05, 0) is 62.3 Å². The Bertz CT molecular complexity index is 2880. The van der Waals surface area contributed by atoms with Crippen molar-refractivity contribution in [2.45, 2.75) is 0 Å². The molecule has 0 amide bonds. The van der Waals surface area contributed by atoms with Gasteiger partial charge in [0.25, 0.3) is 0 Å². The number of nitrogens with zero attached hydrogens (tertiary/aromatic N) is 3. The number of hydrogen-bond acceptors (Lipinski definition) is 4. The zero-order valence-corrected chi connectivity index (χ0v) is 27.2. The SMILES string of the molecule is c1ccc(-c2ccc3cc(-c4nc(-c5ccccc5)nc(-c5cc6ccc7ccccc7c6c6sc7ccccc7c56)n4)ccc3c2)cc1. The summed E-state index contributed by atoms with van der Waals surface area (Å²) in [4.78, 5) is 15.5. The summed E-state index contributed by atoms with van der Waals surface area (Å²) in [7, 11) is 0. The number of aromatic nitrogens is 3. The normalized spacial score (nSPS) is 11.7. The lowest BCUT2D eigenvalue weighted by Crippen LogP contribution is -2.00. The van der Waals surface area contributed by atoms with Crippen LogP contribution in [-0.4, -0.2) is 15.0 Å². The van der Waals surface area contributed by atoms with E-state index in [1.165, 1.54) is 58.2 Å². The summed E-state index contributed by atoms with van der Waals surface area (Å²) in [5.41, 5.74) is 5.34. The summed E-state index contributed by atoms with van der Waals surface area (Å²) in [6, 6.07) is 57.9. The quantitative estimate of drug-likeness (QED) is 0.180. The maximum atomic E-state index is 5.26. The van der Waals surface area contributed by atoms with Crippen molar-refractivity contribution in [3.8, 4) is 45.3 Å². The van der Waals surface area contributed by atoms with Crippen LogP contribution in [0.2, 0.25) is 0 Å². The molecule has 4 heteroatoms. The van der Waals surface area contributed by atoms with Crippen LogP contribution in [0.1, 0.15) is 0 Å². The van der Waals surface area contributed by atoms with E-state index in [1.54, 1.807) is 0 Å². The Balaban J connectivity index is 1.23. The van der Waals surface area contributed by atoms with Gasteiger partial charge in [0.1, 0.15) is 0 Å². The molecule has 228 valence electrons. The zero-order valence-electron chi connectivity index (χ0n) is 26.3. The Labute approximate surface area is 286 Å². The van der Waals surface area contributed by atoms with Crippen molar-refractivity contribution in [2.24, 2.45) is 0 Å². The molecule has 0 spiro atoms. The molecule has 0 fully saturated rings. The molecule has 0 aliphatic carbocycles. The summed E-state index contributed by atoms with van der Waals surface area (Å²) in [6.07, 6.45) is 0. The molecule has 0 N–H and O–H groups in total. The Morgan fingerprint density at radius 3 is 1.71 bits per heavy atom. The Morgan fingerprint density at radius 2 is 0.918 bits per heavy atom. The summed E-state index contributed by atoms with van der Waals surface area (Å²) in [6.45, 7) is 0. The lowest BCUT2D eigenvalue weighted by molar-refractivity contribution is 1.08. The molecule has 0 aliphatic rings. The lowest BCUT2D eigenvalue weighted by atomic mass is 9.96. The maximum absolute atomic E-state index is 5.26. The van der Waals surface area contributed by atoms with Crippen molar-refractivity contribution >= 4 is 63.8 Å². The number of hydrogen-bond donors (Lipinski definition) is 0. The van der Waals surface area contributed by atoms with Gasteiger partial charge in [0.05, 0.1) is 0 Å². The summed E-state index contributed by atoms with van der Waals surface area (Å²) in [5.74, 6) is 1.99. The Morgan fingerprint density at radius 1 is 0.347 bits per heavy atom. The van der Waals surface area contributed by atoms with Crippen molar-refractivity contribution in [1.82, 2.24) is 15.0 Å². The van der Waals surface area contributed by atoms with E-state index in [9.17, 15) is 0 Å². The van der Waals surface area contributed by atoms with E-state index in [0.717, 1.165) is 22.1 Å². The minimum Gasteiger partial charge on any atom is -0.208 e. The van der Waals surface area contributed by atoms with E-state index in [0.29, 0.717) is 17.5 Å². The number of thiophene rings is 1. The van der Waals surface area contributed by atoms with Gasteiger partial charge in [0.2, 0.25) is 0 Å². The highest BCUT2D eigenvalue weighted by molar-refractivity contribution is 7.27. The highest BCUT2D eigenvalue weighted by Gasteiger charge is 2.20. The first-order chi connectivity index (χ1) is 24.3. The molecule has 10 aromatic rings. The second kappa shape index (κ2) is 11.2. The Hall–Kier alpha value is -6.23. The topological polar surface area (TPSA) is 38.7 Å². The third kappa shape index (κ3) is 4.68. The van der Waals surface area contributed by atoms with Crippen LogP contribution in [0.3, 0.4) is 0 Å². The van der Waals surface area contributed by atoms with Gasteiger partial charge in [-0.25, -0.2) is 15.0 Å². The Kier molecular flexibility index (Phi) is 6.36. The lowest BCUT2D eigenvalue weighted by Gasteiger charge is -2.12. The summed E-state index contributed by atoms with van der Waals surface area (Å²) >= 11 is 1.85. The van der Waals surface area contributed by atoms with E-state index in [4.69, 9.17) is 15.0 Å². The van der Waals surface area contributed by atoms with Crippen LogP contribution in [0.4, 0.5) is 0 Å². The molecule has 0 bridgehead atoms. The van der Waals surface area contributed by atoms with Crippen molar-refractivity contribution in [3.63, 3.8) is 0 Å². The largest absolute Gasteiger partial charge is 0.208 e. The van der Waals surface area contributed by atoms with Crippen LogP contribution >= 0.6 is 11.3 Å². The van der Waals surface area contributed by atoms with Gasteiger partial charge in [0, 0.05) is 42.2 Å². The average molecular weight is 642 g/mol. The zero-order chi connectivity index (χ0) is 32.3. The molecule has 8 aromatic carbocycles. The van der Waals surface area contributed by atoms with Crippen LogP contribution in [0.15, 0.2) is 164 Å². The van der Waals surface area contributed by atoms with Crippen molar-refractivity contribution < 1.29 is 0 Å². The van der Waals surface area contributed by atoms with Crippen LogP contribution < -0.4 is 0 Å². The number of benzene rings is 8. The van der Waals surface area contributed by atoms with Gasteiger partial charge >= 0.3 is 0 Å². The second-order valence-electron chi connectivity index (χ2n) is 12.4. The molecule has 49 heavy (non-hydrogen) atoms. The minimum atomic E-state index is 0.657.